The van der Waals surface area contributed by atoms with Gasteiger partial charge in [-0.25, -0.2) is 9.97 Å². The number of nitrogens with one attached hydrogen (secondary N) is 3. The van der Waals surface area contributed by atoms with E-state index in [4.69, 9.17) is 4.74 Å². The molecule has 0 aliphatic heterocycles. The molecule has 2 aromatic heterocycles. The third kappa shape index (κ3) is 5.37. The highest BCUT2D eigenvalue weighted by molar-refractivity contribution is 7.98. The fourth-order valence-corrected chi connectivity index (χ4v) is 3.47. The Morgan fingerprint density at radius 3 is 2.79 bits per heavy atom. The van der Waals surface area contributed by atoms with Gasteiger partial charge in [-0.05, 0) is 17.7 Å². The largest absolute Gasteiger partial charge is 0.497 e. The van der Waals surface area contributed by atoms with Crippen molar-refractivity contribution in [2.24, 2.45) is 0 Å². The van der Waals surface area contributed by atoms with E-state index in [1.807, 2.05) is 24.3 Å². The highest BCUT2D eigenvalue weighted by Crippen LogP contribution is 2.14. The Hall–Kier alpha value is -2.78. The fourth-order valence-electron chi connectivity index (χ4n) is 2.63. The standard InChI is InChI=1S/C19H23N5O3S/c1-27-15-4-2-13(3-5-15)8-14-9-21-19(24-18(14)26)20-6-7-28-11-17-16(10-25)22-12-23-17/h2-5,9,12,25H,6-8,10-11H2,1H3,(H,22,23)(H2,20,21,24,26). The monoisotopic (exact) mass is 401 g/mol. The summed E-state index contributed by atoms with van der Waals surface area (Å²) in [6.07, 6.45) is 3.71. The van der Waals surface area contributed by atoms with Crippen LogP contribution >= 0.6 is 11.8 Å². The zero-order chi connectivity index (χ0) is 19.8. The van der Waals surface area contributed by atoms with Gasteiger partial charge in [-0.15, -0.1) is 0 Å². The summed E-state index contributed by atoms with van der Waals surface area (Å²) >= 11 is 1.70. The number of rotatable bonds is 10. The molecule has 0 amide bonds. The van der Waals surface area contributed by atoms with Crippen molar-refractivity contribution in [3.05, 3.63) is 69.7 Å². The van der Waals surface area contributed by atoms with Gasteiger partial charge in [0.05, 0.1) is 31.4 Å². The van der Waals surface area contributed by atoms with Gasteiger partial charge in [0.1, 0.15) is 5.75 Å². The Labute approximate surface area is 166 Å². The van der Waals surface area contributed by atoms with Gasteiger partial charge < -0.3 is 20.1 Å². The zero-order valence-corrected chi connectivity index (χ0v) is 16.4. The molecule has 0 aliphatic rings. The van der Waals surface area contributed by atoms with Gasteiger partial charge >= 0.3 is 0 Å². The van der Waals surface area contributed by atoms with Crippen molar-refractivity contribution in [2.75, 3.05) is 24.7 Å². The van der Waals surface area contributed by atoms with Gasteiger partial charge in [0.25, 0.3) is 5.56 Å². The van der Waals surface area contributed by atoms with Crippen molar-refractivity contribution in [1.29, 1.82) is 0 Å². The van der Waals surface area contributed by atoms with E-state index in [0.717, 1.165) is 28.5 Å². The van der Waals surface area contributed by atoms with E-state index in [2.05, 4.69) is 25.3 Å². The molecule has 0 unspecified atom stereocenters. The molecule has 9 heteroatoms. The van der Waals surface area contributed by atoms with Crippen LogP contribution < -0.4 is 15.6 Å². The number of benzene rings is 1. The Morgan fingerprint density at radius 1 is 1.25 bits per heavy atom. The third-order valence-electron chi connectivity index (χ3n) is 4.17. The Kier molecular flexibility index (Phi) is 7.10. The van der Waals surface area contributed by atoms with Crippen molar-refractivity contribution < 1.29 is 9.84 Å². The maximum atomic E-state index is 12.3. The Morgan fingerprint density at radius 2 is 2.07 bits per heavy atom. The van der Waals surface area contributed by atoms with Crippen LogP contribution in [0.15, 0.2) is 41.6 Å². The number of aromatic nitrogens is 4. The molecule has 0 spiro atoms. The molecule has 0 radical (unpaired) electrons. The highest BCUT2D eigenvalue weighted by atomic mass is 32.2. The molecule has 2 heterocycles. The summed E-state index contributed by atoms with van der Waals surface area (Å²) in [7, 11) is 1.62. The number of aliphatic hydroxyl groups is 1. The van der Waals surface area contributed by atoms with E-state index in [0.29, 0.717) is 30.2 Å². The van der Waals surface area contributed by atoms with Crippen LogP contribution in [0.4, 0.5) is 5.95 Å². The molecule has 0 aliphatic carbocycles. The lowest BCUT2D eigenvalue weighted by molar-refractivity contribution is 0.276. The second kappa shape index (κ2) is 9.95. The number of nitrogens with zero attached hydrogens (tertiary/aromatic N) is 2. The van der Waals surface area contributed by atoms with E-state index >= 15 is 0 Å². The Bertz CT molecular complexity index is 939. The molecule has 0 saturated heterocycles. The van der Waals surface area contributed by atoms with E-state index in [1.54, 1.807) is 31.4 Å². The first-order valence-corrected chi connectivity index (χ1v) is 9.99. The number of anilines is 1. The van der Waals surface area contributed by atoms with Crippen LogP contribution in [-0.4, -0.2) is 44.4 Å². The first kappa shape index (κ1) is 20.0. The molecule has 0 saturated carbocycles. The van der Waals surface area contributed by atoms with Crippen molar-refractivity contribution >= 4 is 17.7 Å². The quantitative estimate of drug-likeness (QED) is 0.384. The molecular formula is C19H23N5O3S. The summed E-state index contributed by atoms with van der Waals surface area (Å²) in [6.45, 7) is 0.597. The smallest absolute Gasteiger partial charge is 0.255 e. The minimum absolute atomic E-state index is 0.0638. The van der Waals surface area contributed by atoms with Gasteiger partial charge in [-0.3, -0.25) is 9.78 Å². The van der Waals surface area contributed by atoms with Gasteiger partial charge in [0, 0.05) is 36.2 Å². The summed E-state index contributed by atoms with van der Waals surface area (Å²) < 4.78 is 5.14. The second-order valence-electron chi connectivity index (χ2n) is 6.08. The van der Waals surface area contributed by atoms with Crippen molar-refractivity contribution in [3.8, 4) is 5.75 Å². The lowest BCUT2D eigenvalue weighted by Crippen LogP contribution is -2.18. The predicted octanol–water partition coefficient (Wildman–Crippen LogP) is 1.93. The van der Waals surface area contributed by atoms with Crippen LogP contribution in [0.25, 0.3) is 0 Å². The van der Waals surface area contributed by atoms with E-state index in [9.17, 15) is 9.90 Å². The van der Waals surface area contributed by atoms with E-state index in [-0.39, 0.29) is 12.2 Å². The van der Waals surface area contributed by atoms with Gasteiger partial charge in [-0.2, -0.15) is 11.8 Å². The highest BCUT2D eigenvalue weighted by Gasteiger charge is 2.06. The molecule has 28 heavy (non-hydrogen) atoms. The average Bonchev–Trinajstić information content (AvgIpc) is 3.18. The SMILES string of the molecule is COc1ccc(Cc2cnc(NCCSCc3[nH]cnc3CO)[nH]c2=O)cc1. The molecule has 1 aromatic carbocycles. The molecule has 0 atom stereocenters. The van der Waals surface area contributed by atoms with E-state index < -0.39 is 0 Å². The van der Waals surface area contributed by atoms with Crippen molar-refractivity contribution in [3.63, 3.8) is 0 Å². The van der Waals surface area contributed by atoms with Crippen LogP contribution in [0.3, 0.4) is 0 Å². The number of aliphatic hydroxyl groups excluding tert-OH is 1. The number of methoxy groups -OCH3 is 1. The van der Waals surface area contributed by atoms with E-state index in [1.165, 1.54) is 0 Å². The number of hydrogen-bond donors (Lipinski definition) is 4. The number of imidazole rings is 1. The van der Waals surface area contributed by atoms with Crippen LogP contribution in [0.1, 0.15) is 22.5 Å². The lowest BCUT2D eigenvalue weighted by Gasteiger charge is -2.07. The van der Waals surface area contributed by atoms with Gasteiger partial charge in [0.2, 0.25) is 5.95 Å². The number of ether oxygens (including phenoxy) is 1. The molecule has 3 rings (SSSR count). The molecule has 0 bridgehead atoms. The van der Waals surface area contributed by atoms with Crippen LogP contribution in [0.2, 0.25) is 0 Å². The second-order valence-corrected chi connectivity index (χ2v) is 7.18. The number of hydrogen-bond acceptors (Lipinski definition) is 7. The van der Waals surface area contributed by atoms with Crippen molar-refractivity contribution in [2.45, 2.75) is 18.8 Å². The fraction of sp³-hybridized carbons (Fsp3) is 0.316. The summed E-state index contributed by atoms with van der Waals surface area (Å²) in [5, 5.41) is 12.3. The van der Waals surface area contributed by atoms with Gasteiger partial charge in [-0.1, -0.05) is 12.1 Å². The maximum absolute atomic E-state index is 12.3. The predicted molar refractivity (Wildman–Crippen MR) is 110 cm³/mol. The molecule has 0 fully saturated rings. The minimum atomic E-state index is -0.147. The summed E-state index contributed by atoms with van der Waals surface area (Å²) in [4.78, 5) is 26.4. The normalized spacial score (nSPS) is 10.8. The molecular weight excluding hydrogens is 378 g/mol. The van der Waals surface area contributed by atoms with Crippen LogP contribution in [0, 0.1) is 0 Å². The molecule has 148 valence electrons. The Balaban J connectivity index is 1.46. The molecule has 4 N–H and O–H groups in total. The summed E-state index contributed by atoms with van der Waals surface area (Å²) in [5.74, 6) is 2.80. The summed E-state index contributed by atoms with van der Waals surface area (Å²) in [6, 6.07) is 7.61. The maximum Gasteiger partial charge on any atom is 0.255 e. The third-order valence-corrected chi connectivity index (χ3v) is 5.15. The zero-order valence-electron chi connectivity index (χ0n) is 15.6. The van der Waals surface area contributed by atoms with Gasteiger partial charge in [0.15, 0.2) is 0 Å². The van der Waals surface area contributed by atoms with Crippen molar-refractivity contribution in [1.82, 2.24) is 19.9 Å². The van der Waals surface area contributed by atoms with Crippen LogP contribution in [-0.2, 0) is 18.8 Å². The average molecular weight is 401 g/mol. The topological polar surface area (TPSA) is 116 Å². The summed E-state index contributed by atoms with van der Waals surface area (Å²) in [5.41, 5.74) is 3.10. The first-order valence-electron chi connectivity index (χ1n) is 8.84. The minimum Gasteiger partial charge on any atom is -0.497 e. The molecule has 3 aromatic rings. The first-order chi connectivity index (χ1) is 13.7. The number of aromatic amines is 2. The van der Waals surface area contributed by atoms with Crippen LogP contribution in [0.5, 0.6) is 5.75 Å². The molecule has 8 nitrogen and oxygen atoms in total. The lowest BCUT2D eigenvalue weighted by atomic mass is 10.1. The number of H-pyrrole nitrogens is 2. The number of thioether (sulfide) groups is 1.